The lowest BCUT2D eigenvalue weighted by Gasteiger charge is -1.93. The average molecular weight is 278 g/mol. The molecular weight excluding hydrogens is 270 g/mol. The lowest BCUT2D eigenvalue weighted by atomic mass is 10.3. The first kappa shape index (κ1) is 9.53. The van der Waals surface area contributed by atoms with Crippen molar-refractivity contribution in [3.05, 3.63) is 34.8 Å². The molecule has 16 heavy (non-hydrogen) atoms. The second-order valence-electron chi connectivity index (χ2n) is 3.43. The van der Waals surface area contributed by atoms with Crippen LogP contribution in [0.5, 0.6) is 0 Å². The Hall–Kier alpha value is -1.69. The number of pyridine rings is 1. The molecule has 0 saturated carbocycles. The Morgan fingerprint density at radius 3 is 2.69 bits per heavy atom. The fourth-order valence-corrected chi connectivity index (χ4v) is 1.88. The van der Waals surface area contributed by atoms with Gasteiger partial charge in [-0.25, -0.2) is 9.50 Å². The molecule has 0 aliphatic heterocycles. The first-order valence-electron chi connectivity index (χ1n) is 4.76. The molecule has 80 valence electrons. The van der Waals surface area contributed by atoms with Crippen molar-refractivity contribution >= 4 is 21.7 Å². The van der Waals surface area contributed by atoms with E-state index in [1.165, 1.54) is 0 Å². The Balaban J connectivity index is 2.20. The summed E-state index contributed by atoms with van der Waals surface area (Å²) in [5.41, 5.74) is 1.91. The maximum absolute atomic E-state index is 4.40. The van der Waals surface area contributed by atoms with Gasteiger partial charge in [0.25, 0.3) is 5.78 Å². The van der Waals surface area contributed by atoms with Crippen molar-refractivity contribution in [3.8, 4) is 11.4 Å². The van der Waals surface area contributed by atoms with E-state index in [1.54, 1.807) is 12.4 Å². The number of hydrogen-bond acceptors (Lipinski definition) is 3. The number of rotatable bonds is 1. The molecule has 0 atom stereocenters. The summed E-state index contributed by atoms with van der Waals surface area (Å²) in [6.45, 7) is 1.93. The summed E-state index contributed by atoms with van der Waals surface area (Å²) in [5.74, 6) is 1.45. The van der Waals surface area contributed by atoms with Crippen molar-refractivity contribution in [1.82, 2.24) is 24.6 Å². The van der Waals surface area contributed by atoms with E-state index in [0.717, 1.165) is 21.7 Å². The van der Waals surface area contributed by atoms with Gasteiger partial charge in [0.15, 0.2) is 5.82 Å². The molecule has 0 saturated heterocycles. The first-order chi connectivity index (χ1) is 7.75. The minimum absolute atomic E-state index is 0.663. The highest BCUT2D eigenvalue weighted by atomic mass is 79.9. The van der Waals surface area contributed by atoms with Gasteiger partial charge in [0.1, 0.15) is 4.60 Å². The maximum Gasteiger partial charge on any atom is 0.252 e. The Labute approximate surface area is 99.7 Å². The molecule has 5 nitrogen and oxygen atoms in total. The summed E-state index contributed by atoms with van der Waals surface area (Å²) < 4.78 is 2.71. The van der Waals surface area contributed by atoms with E-state index in [2.05, 4.69) is 36.0 Å². The quantitative estimate of drug-likeness (QED) is 0.742. The Morgan fingerprint density at radius 2 is 2.00 bits per heavy atom. The number of nitrogens with zero attached hydrogens (tertiary/aromatic N) is 4. The van der Waals surface area contributed by atoms with E-state index in [0.29, 0.717) is 5.78 Å². The van der Waals surface area contributed by atoms with Crippen molar-refractivity contribution < 1.29 is 0 Å². The van der Waals surface area contributed by atoms with Gasteiger partial charge in [-0.15, -0.1) is 0 Å². The number of aromatic amines is 1. The Bertz CT molecular complexity index is 640. The fraction of sp³-hybridized carbons (Fsp3) is 0.100. The third-order valence-corrected chi connectivity index (χ3v) is 3.27. The van der Waals surface area contributed by atoms with Crippen molar-refractivity contribution in [2.24, 2.45) is 0 Å². The van der Waals surface area contributed by atoms with Crippen LogP contribution >= 0.6 is 15.9 Å². The predicted octanol–water partition coefficient (Wildman–Crippen LogP) is 2.19. The van der Waals surface area contributed by atoms with Crippen LogP contribution in [0.1, 0.15) is 5.69 Å². The lowest BCUT2D eigenvalue weighted by Crippen LogP contribution is -1.86. The molecule has 0 fully saturated rings. The van der Waals surface area contributed by atoms with E-state index < -0.39 is 0 Å². The van der Waals surface area contributed by atoms with Gasteiger partial charge in [0.05, 0.1) is 5.69 Å². The predicted molar refractivity (Wildman–Crippen MR) is 63.0 cm³/mol. The highest BCUT2D eigenvalue weighted by Gasteiger charge is 2.11. The van der Waals surface area contributed by atoms with Crippen molar-refractivity contribution in [3.63, 3.8) is 0 Å². The molecule has 6 heteroatoms. The van der Waals surface area contributed by atoms with E-state index >= 15 is 0 Å². The van der Waals surface area contributed by atoms with Gasteiger partial charge in [0, 0.05) is 18.0 Å². The van der Waals surface area contributed by atoms with Crippen LogP contribution in [0.25, 0.3) is 17.2 Å². The summed E-state index contributed by atoms with van der Waals surface area (Å²) >= 11 is 3.45. The van der Waals surface area contributed by atoms with Crippen molar-refractivity contribution in [2.75, 3.05) is 0 Å². The van der Waals surface area contributed by atoms with Crippen LogP contribution < -0.4 is 0 Å². The first-order valence-corrected chi connectivity index (χ1v) is 5.56. The second kappa shape index (κ2) is 3.41. The van der Waals surface area contributed by atoms with Crippen LogP contribution in [0, 0.1) is 6.92 Å². The zero-order chi connectivity index (χ0) is 11.1. The van der Waals surface area contributed by atoms with Crippen LogP contribution in [0.2, 0.25) is 0 Å². The third kappa shape index (κ3) is 1.34. The number of nitrogens with one attached hydrogen (secondary N) is 1. The average Bonchev–Trinajstić information content (AvgIpc) is 2.82. The number of aryl methyl sites for hydroxylation is 1. The van der Waals surface area contributed by atoms with E-state index in [4.69, 9.17) is 0 Å². The molecule has 3 rings (SSSR count). The van der Waals surface area contributed by atoms with Gasteiger partial charge < -0.3 is 0 Å². The summed E-state index contributed by atoms with van der Waals surface area (Å²) in [7, 11) is 0. The number of halogens is 1. The smallest absolute Gasteiger partial charge is 0.252 e. The lowest BCUT2D eigenvalue weighted by molar-refractivity contribution is 0.950. The van der Waals surface area contributed by atoms with E-state index in [-0.39, 0.29) is 0 Å². The molecule has 0 amide bonds. The SMILES string of the molecule is Cc1nc2nc(-c3ccncc3)[nH]n2c1Br. The molecule has 3 aromatic heterocycles. The molecule has 0 bridgehead atoms. The van der Waals surface area contributed by atoms with Crippen LogP contribution in [-0.2, 0) is 0 Å². The standard InChI is InChI=1S/C10H8BrN5/c1-6-8(11)16-10(13-6)14-9(15-16)7-2-4-12-5-3-7/h2-5H,1H3,(H,13,14,15). The molecule has 0 aliphatic rings. The number of fused-ring (bicyclic) bond motifs is 1. The second-order valence-corrected chi connectivity index (χ2v) is 4.18. The molecule has 0 aromatic carbocycles. The summed E-state index contributed by atoms with van der Waals surface area (Å²) in [5, 5.41) is 3.17. The van der Waals surface area contributed by atoms with E-state index in [9.17, 15) is 0 Å². The Morgan fingerprint density at radius 1 is 1.25 bits per heavy atom. The summed E-state index contributed by atoms with van der Waals surface area (Å²) in [6.07, 6.45) is 3.47. The molecule has 3 aromatic rings. The van der Waals surface area contributed by atoms with Crippen LogP contribution in [0.4, 0.5) is 0 Å². The molecule has 3 heterocycles. The highest BCUT2D eigenvalue weighted by molar-refractivity contribution is 9.10. The molecule has 0 aliphatic carbocycles. The summed E-state index contributed by atoms with van der Waals surface area (Å²) in [4.78, 5) is 12.7. The largest absolute Gasteiger partial charge is 0.273 e. The van der Waals surface area contributed by atoms with Crippen molar-refractivity contribution in [2.45, 2.75) is 6.92 Å². The van der Waals surface area contributed by atoms with Crippen LogP contribution in [-0.4, -0.2) is 24.6 Å². The normalized spacial score (nSPS) is 11.1. The summed E-state index contributed by atoms with van der Waals surface area (Å²) in [6, 6.07) is 3.80. The topological polar surface area (TPSA) is 58.9 Å². The van der Waals surface area contributed by atoms with Gasteiger partial charge in [-0.2, -0.15) is 4.98 Å². The van der Waals surface area contributed by atoms with Crippen LogP contribution in [0.3, 0.4) is 0 Å². The minimum Gasteiger partial charge on any atom is -0.273 e. The molecule has 1 N–H and O–H groups in total. The van der Waals surface area contributed by atoms with Crippen molar-refractivity contribution in [1.29, 1.82) is 0 Å². The zero-order valence-electron chi connectivity index (χ0n) is 8.48. The van der Waals surface area contributed by atoms with Gasteiger partial charge in [-0.1, -0.05) is 0 Å². The number of hydrogen-bond donors (Lipinski definition) is 1. The monoisotopic (exact) mass is 277 g/mol. The molecular formula is C10H8BrN5. The fourth-order valence-electron chi connectivity index (χ4n) is 1.54. The molecule has 0 radical (unpaired) electrons. The minimum atomic E-state index is 0.663. The number of H-pyrrole nitrogens is 1. The van der Waals surface area contributed by atoms with Gasteiger partial charge in [-0.3, -0.25) is 10.1 Å². The van der Waals surface area contributed by atoms with Gasteiger partial charge in [-0.05, 0) is 35.0 Å². The highest BCUT2D eigenvalue weighted by Crippen LogP contribution is 2.20. The number of imidazole rings is 1. The van der Waals surface area contributed by atoms with Crippen LogP contribution in [0.15, 0.2) is 29.1 Å². The van der Waals surface area contributed by atoms with Gasteiger partial charge >= 0.3 is 0 Å². The maximum atomic E-state index is 4.40. The van der Waals surface area contributed by atoms with E-state index in [1.807, 2.05) is 23.6 Å². The third-order valence-electron chi connectivity index (χ3n) is 2.35. The Kier molecular flexibility index (Phi) is 2.03. The molecule has 0 unspecified atom stereocenters. The van der Waals surface area contributed by atoms with Gasteiger partial charge in [0.2, 0.25) is 0 Å². The zero-order valence-corrected chi connectivity index (χ0v) is 10.1. The number of aromatic nitrogens is 5. The molecule has 0 spiro atoms.